The zero-order chi connectivity index (χ0) is 24.7. The lowest BCUT2D eigenvalue weighted by molar-refractivity contribution is 0.0466. The van der Waals surface area contributed by atoms with Crippen LogP contribution in [0.3, 0.4) is 0 Å². The lowest BCUT2D eigenvalue weighted by atomic mass is 10.2. The summed E-state index contributed by atoms with van der Waals surface area (Å²) in [6.07, 6.45) is 1.14. The van der Waals surface area contributed by atoms with Gasteiger partial charge in [0.25, 0.3) is 5.56 Å². The minimum absolute atomic E-state index is 0.209. The Morgan fingerprint density at radius 1 is 1.18 bits per heavy atom. The molecule has 0 amide bonds. The summed E-state index contributed by atoms with van der Waals surface area (Å²) < 4.78 is 6.22. The number of aromatic amines is 1. The van der Waals surface area contributed by atoms with Gasteiger partial charge in [-0.05, 0) is 55.6 Å². The lowest BCUT2D eigenvalue weighted by Gasteiger charge is -2.17. The number of esters is 1. The number of rotatable bonds is 9. The molecule has 1 aromatic heterocycles. The lowest BCUT2D eigenvalue weighted by Crippen LogP contribution is -2.31. The van der Waals surface area contributed by atoms with Crippen LogP contribution in [0, 0.1) is 0 Å². The molecule has 0 aliphatic carbocycles. The van der Waals surface area contributed by atoms with Gasteiger partial charge < -0.3 is 14.7 Å². The second-order valence-electron chi connectivity index (χ2n) is 7.28. The number of aromatic hydroxyl groups is 1. The summed E-state index contributed by atoms with van der Waals surface area (Å²) in [4.78, 5) is 45.2. The van der Waals surface area contributed by atoms with E-state index in [9.17, 15) is 19.5 Å². The standard InChI is InChI=1S/C24H25ClN4O5/c1-3-28(4-2)12-13-34-23(32)16-8-10-18(11-9-16)26-15-20-21(30)27-24(33)29(22(20)31)19-7-5-6-17(25)14-19/h5-11,14-15,31H,3-4,12-13H2,1-2H3,(H,27,30,33). The third kappa shape index (κ3) is 6.00. The van der Waals surface area contributed by atoms with Gasteiger partial charge in [-0.25, -0.2) is 14.2 Å². The first-order chi connectivity index (χ1) is 16.3. The summed E-state index contributed by atoms with van der Waals surface area (Å²) in [5, 5.41) is 10.9. The molecule has 0 unspecified atom stereocenters. The van der Waals surface area contributed by atoms with E-state index in [1.807, 2.05) is 13.8 Å². The molecule has 9 nitrogen and oxygen atoms in total. The van der Waals surface area contributed by atoms with Crippen LogP contribution < -0.4 is 11.2 Å². The van der Waals surface area contributed by atoms with Crippen molar-refractivity contribution in [2.45, 2.75) is 13.8 Å². The molecule has 0 bridgehead atoms. The number of carbonyl (C=O) groups excluding carboxylic acids is 1. The summed E-state index contributed by atoms with van der Waals surface area (Å²) >= 11 is 5.97. The molecule has 1 heterocycles. The first-order valence-corrected chi connectivity index (χ1v) is 11.1. The highest BCUT2D eigenvalue weighted by Gasteiger charge is 2.14. The SMILES string of the molecule is CCN(CC)CCOC(=O)c1ccc(N=Cc2c(O)n(-c3cccc(Cl)c3)c(=O)[nH]c2=O)cc1. The third-order valence-electron chi connectivity index (χ3n) is 5.17. The summed E-state index contributed by atoms with van der Waals surface area (Å²) in [7, 11) is 0. The Morgan fingerprint density at radius 2 is 1.88 bits per heavy atom. The normalized spacial score (nSPS) is 11.3. The largest absolute Gasteiger partial charge is 0.493 e. The van der Waals surface area contributed by atoms with Gasteiger partial charge in [0.1, 0.15) is 12.2 Å². The molecule has 34 heavy (non-hydrogen) atoms. The van der Waals surface area contributed by atoms with Crippen LogP contribution in [0.2, 0.25) is 5.02 Å². The summed E-state index contributed by atoms with van der Waals surface area (Å²) in [6.45, 7) is 6.82. The summed E-state index contributed by atoms with van der Waals surface area (Å²) in [5.74, 6) is -1.02. The number of ether oxygens (including phenoxy) is 1. The van der Waals surface area contributed by atoms with Gasteiger partial charge in [0.15, 0.2) is 0 Å². The van der Waals surface area contributed by atoms with Gasteiger partial charge >= 0.3 is 11.7 Å². The first-order valence-electron chi connectivity index (χ1n) is 10.7. The predicted octanol–water partition coefficient (Wildman–Crippen LogP) is 3.13. The van der Waals surface area contributed by atoms with Crippen molar-refractivity contribution in [3.63, 3.8) is 0 Å². The topological polar surface area (TPSA) is 117 Å². The second-order valence-corrected chi connectivity index (χ2v) is 7.72. The van der Waals surface area contributed by atoms with Crippen LogP contribution in [0.4, 0.5) is 5.69 Å². The summed E-state index contributed by atoms with van der Waals surface area (Å²) in [6, 6.07) is 12.5. The van der Waals surface area contributed by atoms with Gasteiger partial charge in [-0.3, -0.25) is 14.8 Å². The van der Waals surface area contributed by atoms with E-state index in [0.717, 1.165) is 23.9 Å². The number of H-pyrrole nitrogens is 1. The highest BCUT2D eigenvalue weighted by molar-refractivity contribution is 6.30. The molecule has 0 saturated heterocycles. The smallest absolute Gasteiger partial charge is 0.338 e. The van der Waals surface area contributed by atoms with E-state index >= 15 is 0 Å². The predicted molar refractivity (Wildman–Crippen MR) is 131 cm³/mol. The van der Waals surface area contributed by atoms with Crippen LogP contribution in [0.15, 0.2) is 63.1 Å². The van der Waals surface area contributed by atoms with Crippen LogP contribution in [-0.2, 0) is 4.74 Å². The molecule has 0 aliphatic rings. The molecule has 178 valence electrons. The van der Waals surface area contributed by atoms with E-state index in [4.69, 9.17) is 16.3 Å². The van der Waals surface area contributed by atoms with Crippen molar-refractivity contribution in [2.24, 2.45) is 4.99 Å². The Balaban J connectivity index is 1.77. The van der Waals surface area contributed by atoms with Gasteiger partial charge in [-0.1, -0.05) is 31.5 Å². The molecule has 10 heteroatoms. The number of halogens is 1. The fourth-order valence-electron chi connectivity index (χ4n) is 3.22. The fourth-order valence-corrected chi connectivity index (χ4v) is 3.41. The van der Waals surface area contributed by atoms with Gasteiger partial charge in [0.05, 0.1) is 16.9 Å². The zero-order valence-electron chi connectivity index (χ0n) is 18.8. The molecule has 2 aromatic carbocycles. The molecular weight excluding hydrogens is 460 g/mol. The monoisotopic (exact) mass is 484 g/mol. The third-order valence-corrected chi connectivity index (χ3v) is 5.40. The van der Waals surface area contributed by atoms with Crippen molar-refractivity contribution in [1.82, 2.24) is 14.5 Å². The van der Waals surface area contributed by atoms with E-state index in [1.54, 1.807) is 42.5 Å². The van der Waals surface area contributed by atoms with E-state index in [-0.39, 0.29) is 11.3 Å². The maximum atomic E-state index is 12.3. The number of hydrogen-bond donors (Lipinski definition) is 2. The Kier molecular flexibility index (Phi) is 8.39. The maximum absolute atomic E-state index is 12.3. The highest BCUT2D eigenvalue weighted by atomic mass is 35.5. The van der Waals surface area contributed by atoms with Crippen LogP contribution in [0.5, 0.6) is 5.88 Å². The van der Waals surface area contributed by atoms with Gasteiger partial charge in [0.2, 0.25) is 5.88 Å². The van der Waals surface area contributed by atoms with Crippen LogP contribution in [0.1, 0.15) is 29.8 Å². The fraction of sp³-hybridized carbons (Fsp3) is 0.250. The van der Waals surface area contributed by atoms with Crippen molar-refractivity contribution in [3.05, 3.63) is 85.5 Å². The van der Waals surface area contributed by atoms with E-state index in [2.05, 4.69) is 14.9 Å². The first kappa shape index (κ1) is 24.9. The van der Waals surface area contributed by atoms with E-state index in [0.29, 0.717) is 29.4 Å². The van der Waals surface area contributed by atoms with Crippen molar-refractivity contribution < 1.29 is 14.6 Å². The average molecular weight is 485 g/mol. The second kappa shape index (κ2) is 11.4. The van der Waals surface area contributed by atoms with Crippen LogP contribution >= 0.6 is 11.6 Å². The van der Waals surface area contributed by atoms with Gasteiger partial charge in [0, 0.05) is 17.8 Å². The number of likely N-dealkylation sites (N-methyl/N-ethyl adjacent to an activating group) is 1. The van der Waals surface area contributed by atoms with Crippen molar-refractivity contribution >= 4 is 29.5 Å². The Bertz CT molecular complexity index is 1290. The average Bonchev–Trinajstić information content (AvgIpc) is 2.82. The molecule has 0 spiro atoms. The summed E-state index contributed by atoms with van der Waals surface area (Å²) in [5.41, 5.74) is -0.736. The molecule has 0 fully saturated rings. The number of aromatic nitrogens is 2. The Labute approximate surface area is 200 Å². The molecule has 3 aromatic rings. The number of nitrogens with zero attached hydrogens (tertiary/aromatic N) is 3. The van der Waals surface area contributed by atoms with Crippen LogP contribution in [-0.4, -0.2) is 58.0 Å². The minimum atomic E-state index is -0.814. The van der Waals surface area contributed by atoms with Gasteiger partial charge in [-0.2, -0.15) is 0 Å². The molecule has 0 radical (unpaired) electrons. The quantitative estimate of drug-likeness (QED) is 0.356. The molecule has 2 N–H and O–H groups in total. The molecule has 0 atom stereocenters. The molecule has 0 aliphatic heterocycles. The number of hydrogen-bond acceptors (Lipinski definition) is 7. The van der Waals surface area contributed by atoms with E-state index < -0.39 is 23.1 Å². The number of aliphatic imine (C=N–C) groups is 1. The van der Waals surface area contributed by atoms with E-state index in [1.165, 1.54) is 6.07 Å². The molecule has 3 rings (SSSR count). The Hall–Kier alpha value is -3.69. The van der Waals surface area contributed by atoms with Crippen molar-refractivity contribution in [3.8, 4) is 11.6 Å². The molecule has 0 saturated carbocycles. The van der Waals surface area contributed by atoms with Crippen molar-refractivity contribution in [1.29, 1.82) is 0 Å². The zero-order valence-corrected chi connectivity index (χ0v) is 19.6. The van der Waals surface area contributed by atoms with Crippen LogP contribution in [0.25, 0.3) is 5.69 Å². The number of carbonyl (C=O) groups is 1. The Morgan fingerprint density at radius 3 is 2.53 bits per heavy atom. The number of benzene rings is 2. The van der Waals surface area contributed by atoms with Gasteiger partial charge in [-0.15, -0.1) is 0 Å². The van der Waals surface area contributed by atoms with Crippen molar-refractivity contribution in [2.75, 3.05) is 26.2 Å². The maximum Gasteiger partial charge on any atom is 0.338 e. The minimum Gasteiger partial charge on any atom is -0.493 e. The number of nitrogens with one attached hydrogen (secondary N) is 1. The highest BCUT2D eigenvalue weighted by Crippen LogP contribution is 2.20. The molecular formula is C24H25ClN4O5.